The molecule has 0 aliphatic carbocycles. The molecule has 1 aliphatic heterocycles. The number of carbonyl (C=O) groups excluding carboxylic acids is 1. The van der Waals surface area contributed by atoms with E-state index in [4.69, 9.17) is 13.9 Å². The van der Waals surface area contributed by atoms with Crippen molar-refractivity contribution in [3.05, 3.63) is 73.6 Å². The van der Waals surface area contributed by atoms with E-state index in [2.05, 4.69) is 24.0 Å². The summed E-state index contributed by atoms with van der Waals surface area (Å²) in [7, 11) is 0. The Bertz CT molecular complexity index is 1590. The number of hydrogen-bond acceptors (Lipinski definition) is 8. The molecule has 0 saturated heterocycles. The number of amides is 1. The number of carbonyl (C=O) groups is 1. The summed E-state index contributed by atoms with van der Waals surface area (Å²) >= 11 is 1.36. The number of benzene rings is 2. The van der Waals surface area contributed by atoms with Gasteiger partial charge in [-0.05, 0) is 74.6 Å². The maximum Gasteiger partial charge on any atom is 0.297 e. The summed E-state index contributed by atoms with van der Waals surface area (Å²) in [6.45, 7) is 12.8. The number of nitrogens with zero attached hydrogens (tertiary/aromatic N) is 3. The topological polar surface area (TPSA) is 94.8 Å². The molecule has 0 saturated carbocycles. The molecule has 0 fully saturated rings. The van der Waals surface area contributed by atoms with Crippen molar-refractivity contribution in [1.29, 1.82) is 0 Å². The van der Waals surface area contributed by atoms with Crippen LogP contribution in [0.4, 0.5) is 5.13 Å². The van der Waals surface area contributed by atoms with Crippen molar-refractivity contribution in [1.82, 2.24) is 10.2 Å². The molecule has 38 heavy (non-hydrogen) atoms. The van der Waals surface area contributed by atoms with Crippen molar-refractivity contribution in [2.75, 3.05) is 18.1 Å². The first-order valence-electron chi connectivity index (χ1n) is 12.9. The zero-order valence-electron chi connectivity index (χ0n) is 22.5. The average molecular weight is 534 g/mol. The van der Waals surface area contributed by atoms with Gasteiger partial charge in [0.05, 0.1) is 30.2 Å². The van der Waals surface area contributed by atoms with E-state index in [0.29, 0.717) is 52.3 Å². The number of hydrogen-bond donors (Lipinski definition) is 0. The van der Waals surface area contributed by atoms with Gasteiger partial charge in [0.15, 0.2) is 16.9 Å². The molecule has 5 rings (SSSR count). The lowest BCUT2D eigenvalue weighted by Crippen LogP contribution is -2.29. The molecule has 1 aliphatic rings. The van der Waals surface area contributed by atoms with Crippen LogP contribution in [0.1, 0.15) is 71.6 Å². The first kappa shape index (κ1) is 25.9. The van der Waals surface area contributed by atoms with Gasteiger partial charge in [-0.1, -0.05) is 31.3 Å². The van der Waals surface area contributed by atoms with E-state index in [-0.39, 0.29) is 16.8 Å². The van der Waals surface area contributed by atoms with Crippen LogP contribution in [0.2, 0.25) is 0 Å². The average Bonchev–Trinajstić information content (AvgIpc) is 3.43. The van der Waals surface area contributed by atoms with Crippen LogP contribution < -0.4 is 19.8 Å². The smallest absolute Gasteiger partial charge is 0.297 e. The molecule has 9 heteroatoms. The zero-order chi connectivity index (χ0) is 27.1. The van der Waals surface area contributed by atoms with Gasteiger partial charge in [-0.2, -0.15) is 0 Å². The Morgan fingerprint density at radius 2 is 1.71 bits per heavy atom. The lowest BCUT2D eigenvalue weighted by molar-refractivity contribution is 0.0970. The van der Waals surface area contributed by atoms with Gasteiger partial charge in [-0.15, -0.1) is 10.2 Å². The molecule has 2 aromatic heterocycles. The minimum Gasteiger partial charge on any atom is -0.490 e. The van der Waals surface area contributed by atoms with Crippen molar-refractivity contribution >= 4 is 33.3 Å². The SMILES string of the molecule is CCOc1ccc(C2c3c(oc4cc(C)c(C)cc4c3=O)C(=O)N2c2nnc(CC(C)C)s2)cc1OCC. The van der Waals surface area contributed by atoms with Gasteiger partial charge in [-0.3, -0.25) is 14.5 Å². The third kappa shape index (κ3) is 4.45. The lowest BCUT2D eigenvalue weighted by atomic mass is 9.97. The molecule has 1 unspecified atom stereocenters. The second kappa shape index (κ2) is 10.2. The molecule has 0 spiro atoms. The Morgan fingerprint density at radius 1 is 1.00 bits per heavy atom. The molecule has 0 N–H and O–H groups in total. The highest BCUT2D eigenvalue weighted by Gasteiger charge is 2.45. The van der Waals surface area contributed by atoms with E-state index in [1.165, 1.54) is 16.2 Å². The first-order valence-corrected chi connectivity index (χ1v) is 13.7. The van der Waals surface area contributed by atoms with Crippen LogP contribution >= 0.6 is 11.3 Å². The highest BCUT2D eigenvalue weighted by Crippen LogP contribution is 2.44. The van der Waals surface area contributed by atoms with E-state index >= 15 is 0 Å². The number of aryl methyl sites for hydroxylation is 2. The maximum atomic E-state index is 14.0. The summed E-state index contributed by atoms with van der Waals surface area (Å²) in [4.78, 5) is 29.4. The fourth-order valence-corrected chi connectivity index (χ4v) is 5.83. The van der Waals surface area contributed by atoms with Crippen LogP contribution in [0.25, 0.3) is 11.0 Å². The van der Waals surface area contributed by atoms with Crippen molar-refractivity contribution in [3.63, 3.8) is 0 Å². The van der Waals surface area contributed by atoms with Crippen LogP contribution in [0.5, 0.6) is 11.5 Å². The number of ether oxygens (including phenoxy) is 2. The van der Waals surface area contributed by atoms with Crippen LogP contribution in [0, 0.1) is 19.8 Å². The third-order valence-corrected chi connectivity index (χ3v) is 7.56. The Hall–Kier alpha value is -3.72. The van der Waals surface area contributed by atoms with Crippen molar-refractivity contribution < 1.29 is 18.7 Å². The molecule has 1 atom stereocenters. The summed E-state index contributed by atoms with van der Waals surface area (Å²) in [6, 6.07) is 8.38. The molecule has 8 nitrogen and oxygen atoms in total. The summed E-state index contributed by atoms with van der Waals surface area (Å²) in [5.74, 6) is 1.14. The van der Waals surface area contributed by atoms with E-state index in [1.807, 2.05) is 58.0 Å². The summed E-state index contributed by atoms with van der Waals surface area (Å²) in [6.07, 6.45) is 0.745. The van der Waals surface area contributed by atoms with Gasteiger partial charge in [-0.25, -0.2) is 0 Å². The largest absolute Gasteiger partial charge is 0.490 e. The molecular weight excluding hydrogens is 502 g/mol. The molecule has 0 radical (unpaired) electrons. The Labute approximate surface area is 225 Å². The molecule has 3 heterocycles. The van der Waals surface area contributed by atoms with E-state index in [9.17, 15) is 9.59 Å². The van der Waals surface area contributed by atoms with E-state index < -0.39 is 11.9 Å². The highest BCUT2D eigenvalue weighted by molar-refractivity contribution is 7.15. The highest BCUT2D eigenvalue weighted by atomic mass is 32.1. The molecule has 0 bridgehead atoms. The standard InChI is InChI=1S/C29H31N3O5S/c1-7-35-20-10-9-18(14-22(20)36-8-2)25-24-26(33)19-12-16(5)17(6)13-21(19)37-27(24)28(34)32(25)29-31-30-23(38-29)11-15(3)4/h9-10,12-15,25H,7-8,11H2,1-6H3. The Morgan fingerprint density at radius 3 is 2.42 bits per heavy atom. The van der Waals surface area contributed by atoms with Gasteiger partial charge in [0.1, 0.15) is 10.6 Å². The Kier molecular flexibility index (Phi) is 6.96. The molecule has 198 valence electrons. The lowest BCUT2D eigenvalue weighted by Gasteiger charge is -2.23. The van der Waals surface area contributed by atoms with Crippen LogP contribution in [0.3, 0.4) is 0 Å². The molecule has 2 aromatic carbocycles. The predicted octanol–water partition coefficient (Wildman–Crippen LogP) is 6.01. The minimum absolute atomic E-state index is 0.0307. The third-order valence-electron chi connectivity index (χ3n) is 6.61. The van der Waals surface area contributed by atoms with Crippen molar-refractivity contribution in [3.8, 4) is 11.5 Å². The van der Waals surface area contributed by atoms with Gasteiger partial charge >= 0.3 is 0 Å². The number of anilines is 1. The van der Waals surface area contributed by atoms with Crippen LogP contribution in [-0.4, -0.2) is 29.3 Å². The molecule has 4 aromatic rings. The summed E-state index contributed by atoms with van der Waals surface area (Å²) in [5, 5.41) is 10.4. The number of rotatable bonds is 8. The maximum absolute atomic E-state index is 14.0. The minimum atomic E-state index is -0.755. The monoisotopic (exact) mass is 533 g/mol. The van der Waals surface area contributed by atoms with E-state index in [1.54, 1.807) is 0 Å². The zero-order valence-corrected chi connectivity index (χ0v) is 23.3. The number of aromatic nitrogens is 2. The van der Waals surface area contributed by atoms with Crippen molar-refractivity contribution in [2.24, 2.45) is 5.92 Å². The van der Waals surface area contributed by atoms with Gasteiger partial charge in [0.25, 0.3) is 5.91 Å². The fraction of sp³-hybridized carbons (Fsp3) is 0.379. The van der Waals surface area contributed by atoms with E-state index in [0.717, 1.165) is 22.6 Å². The Balaban J connectivity index is 1.75. The van der Waals surface area contributed by atoms with Gasteiger partial charge in [0.2, 0.25) is 10.9 Å². The van der Waals surface area contributed by atoms with Gasteiger partial charge < -0.3 is 13.9 Å². The first-order chi connectivity index (χ1) is 18.2. The van der Waals surface area contributed by atoms with Gasteiger partial charge in [0, 0.05) is 6.42 Å². The normalized spacial score (nSPS) is 15.0. The van der Waals surface area contributed by atoms with Crippen LogP contribution in [0.15, 0.2) is 39.5 Å². The molecular formula is C29H31N3O5S. The second-order valence-electron chi connectivity index (χ2n) is 9.83. The summed E-state index contributed by atoms with van der Waals surface area (Å²) in [5.41, 5.74) is 3.10. The number of fused-ring (bicyclic) bond motifs is 2. The fourth-order valence-electron chi connectivity index (χ4n) is 4.75. The molecule has 1 amide bonds. The van der Waals surface area contributed by atoms with Crippen LogP contribution in [-0.2, 0) is 6.42 Å². The predicted molar refractivity (Wildman–Crippen MR) is 148 cm³/mol. The summed E-state index contributed by atoms with van der Waals surface area (Å²) < 4.78 is 17.8. The second-order valence-corrected chi connectivity index (χ2v) is 10.9. The van der Waals surface area contributed by atoms with Crippen molar-refractivity contribution in [2.45, 2.75) is 54.0 Å². The quantitative estimate of drug-likeness (QED) is 0.274.